The Balaban J connectivity index is 3.28. The van der Waals surface area contributed by atoms with Crippen LogP contribution in [0.2, 0.25) is 0 Å². The van der Waals surface area contributed by atoms with Gasteiger partial charge in [0.05, 0.1) is 5.56 Å². The van der Waals surface area contributed by atoms with Gasteiger partial charge in [0.1, 0.15) is 4.88 Å². The maximum absolute atomic E-state index is 12.2. The van der Waals surface area contributed by atoms with Crippen LogP contribution in [0.1, 0.15) is 20.1 Å². The molecule has 0 bridgehead atoms. The van der Waals surface area contributed by atoms with Gasteiger partial charge in [0.15, 0.2) is 0 Å². The molecule has 0 unspecified atom stereocenters. The predicted octanol–water partition coefficient (Wildman–Crippen LogP) is 2.77. The molecule has 0 aliphatic rings. The first kappa shape index (κ1) is 10.0. The van der Waals surface area contributed by atoms with Crippen molar-refractivity contribution in [2.75, 3.05) is 0 Å². The zero-order chi connectivity index (χ0) is 10.2. The van der Waals surface area contributed by atoms with Crippen LogP contribution >= 0.6 is 11.3 Å². The molecule has 0 fully saturated rings. The number of hydrogen-bond acceptors (Lipinski definition) is 2. The Bertz CT molecular complexity index is 340. The zero-order valence-corrected chi connectivity index (χ0v) is 7.29. The molecule has 6 heteroatoms. The number of alkyl halides is 3. The number of aryl methyl sites for hydroxylation is 1. The van der Waals surface area contributed by atoms with Gasteiger partial charge in [-0.1, -0.05) is 0 Å². The molecule has 0 amide bonds. The van der Waals surface area contributed by atoms with Gasteiger partial charge in [-0.05, 0) is 13.0 Å². The van der Waals surface area contributed by atoms with Crippen molar-refractivity contribution in [3.63, 3.8) is 0 Å². The Labute approximate surface area is 75.6 Å². The fraction of sp³-hybridized carbons (Fsp3) is 0.286. The van der Waals surface area contributed by atoms with E-state index in [9.17, 15) is 18.0 Å². The summed E-state index contributed by atoms with van der Waals surface area (Å²) in [7, 11) is 0. The summed E-state index contributed by atoms with van der Waals surface area (Å²) in [4.78, 5) is 9.68. The number of carboxylic acids is 1. The molecule has 1 heterocycles. The van der Waals surface area contributed by atoms with Crippen molar-refractivity contribution in [1.82, 2.24) is 0 Å². The van der Waals surface area contributed by atoms with Crippen LogP contribution in [0.4, 0.5) is 13.2 Å². The van der Waals surface area contributed by atoms with Crippen molar-refractivity contribution in [3.05, 3.63) is 21.4 Å². The van der Waals surface area contributed by atoms with E-state index in [2.05, 4.69) is 0 Å². The molecule has 72 valence electrons. The average Bonchev–Trinajstić information content (AvgIpc) is 2.29. The van der Waals surface area contributed by atoms with E-state index in [0.29, 0.717) is 16.2 Å². The van der Waals surface area contributed by atoms with Crippen LogP contribution in [0.25, 0.3) is 0 Å². The summed E-state index contributed by atoms with van der Waals surface area (Å²) < 4.78 is 36.5. The monoisotopic (exact) mass is 210 g/mol. The van der Waals surface area contributed by atoms with Gasteiger partial charge in [0, 0.05) is 4.88 Å². The van der Waals surface area contributed by atoms with Gasteiger partial charge >= 0.3 is 12.1 Å². The number of carboxylic acid groups (broad SMARTS) is 1. The minimum atomic E-state index is -4.58. The van der Waals surface area contributed by atoms with Crippen LogP contribution in [-0.2, 0) is 6.18 Å². The van der Waals surface area contributed by atoms with Gasteiger partial charge in [0.2, 0.25) is 0 Å². The Morgan fingerprint density at radius 2 is 2.08 bits per heavy atom. The highest BCUT2D eigenvalue weighted by molar-refractivity contribution is 7.12. The molecule has 1 N–H and O–H groups in total. The molecular weight excluding hydrogens is 205 g/mol. The number of aromatic carboxylic acids is 1. The Morgan fingerprint density at radius 3 is 2.38 bits per heavy atom. The topological polar surface area (TPSA) is 37.3 Å². The smallest absolute Gasteiger partial charge is 0.426 e. The van der Waals surface area contributed by atoms with E-state index < -0.39 is 22.6 Å². The van der Waals surface area contributed by atoms with E-state index in [4.69, 9.17) is 5.11 Å². The molecule has 0 spiro atoms. The van der Waals surface area contributed by atoms with Crippen LogP contribution in [0.3, 0.4) is 0 Å². The Hall–Kier alpha value is -1.04. The van der Waals surface area contributed by atoms with Crippen molar-refractivity contribution < 1.29 is 23.1 Å². The highest BCUT2D eigenvalue weighted by Gasteiger charge is 2.37. The fourth-order valence-corrected chi connectivity index (χ4v) is 1.75. The number of hydrogen-bond donors (Lipinski definition) is 1. The summed E-state index contributed by atoms with van der Waals surface area (Å²) in [5.74, 6) is -1.54. The molecule has 0 radical (unpaired) electrons. The van der Waals surface area contributed by atoms with Crippen LogP contribution in [0.15, 0.2) is 6.07 Å². The number of halogens is 3. The van der Waals surface area contributed by atoms with Crippen LogP contribution in [0.5, 0.6) is 0 Å². The molecule has 2 nitrogen and oxygen atoms in total. The molecule has 0 saturated heterocycles. The molecule has 0 atom stereocenters. The molecule has 1 aromatic rings. The van der Waals surface area contributed by atoms with Gasteiger partial charge in [-0.15, -0.1) is 11.3 Å². The highest BCUT2D eigenvalue weighted by atomic mass is 32.1. The van der Waals surface area contributed by atoms with E-state index in [1.165, 1.54) is 6.92 Å². The zero-order valence-electron chi connectivity index (χ0n) is 6.47. The normalized spacial score (nSPS) is 11.7. The van der Waals surface area contributed by atoms with Crippen molar-refractivity contribution in [2.24, 2.45) is 0 Å². The van der Waals surface area contributed by atoms with Crippen molar-refractivity contribution >= 4 is 17.3 Å². The van der Waals surface area contributed by atoms with E-state index in [0.717, 1.165) is 6.07 Å². The maximum Gasteiger partial charge on any atom is 0.426 e. The van der Waals surface area contributed by atoms with E-state index in [1.54, 1.807) is 0 Å². The molecule has 13 heavy (non-hydrogen) atoms. The Kier molecular flexibility index (Phi) is 2.34. The largest absolute Gasteiger partial charge is 0.478 e. The van der Waals surface area contributed by atoms with Crippen LogP contribution in [0, 0.1) is 6.92 Å². The molecule has 0 aliphatic carbocycles. The molecule has 0 aromatic carbocycles. The average molecular weight is 210 g/mol. The number of rotatable bonds is 1. The molecule has 0 aliphatic heterocycles. The lowest BCUT2D eigenvalue weighted by Gasteiger charge is -2.03. The lowest BCUT2D eigenvalue weighted by Crippen LogP contribution is -2.08. The maximum atomic E-state index is 12.2. The third kappa shape index (κ3) is 2.00. The van der Waals surface area contributed by atoms with Gasteiger partial charge in [-0.3, -0.25) is 0 Å². The van der Waals surface area contributed by atoms with Crippen molar-refractivity contribution in [3.8, 4) is 0 Å². The summed E-state index contributed by atoms with van der Waals surface area (Å²) >= 11 is 0.444. The SMILES string of the molecule is Cc1cc(C(=O)O)c(C(F)(F)F)s1. The minimum absolute atomic E-state index is 0.338. The predicted molar refractivity (Wildman–Crippen MR) is 41.0 cm³/mol. The van der Waals surface area contributed by atoms with E-state index in [1.807, 2.05) is 0 Å². The van der Waals surface area contributed by atoms with Crippen molar-refractivity contribution in [1.29, 1.82) is 0 Å². The van der Waals surface area contributed by atoms with Gasteiger partial charge in [-0.2, -0.15) is 13.2 Å². The quantitative estimate of drug-likeness (QED) is 0.773. The minimum Gasteiger partial charge on any atom is -0.478 e. The summed E-state index contributed by atoms with van der Waals surface area (Å²) in [5, 5.41) is 8.45. The summed E-state index contributed by atoms with van der Waals surface area (Å²) in [6.45, 7) is 1.44. The second kappa shape index (κ2) is 3.02. The lowest BCUT2D eigenvalue weighted by atomic mass is 10.2. The third-order valence-corrected chi connectivity index (χ3v) is 2.44. The van der Waals surface area contributed by atoms with Crippen LogP contribution in [-0.4, -0.2) is 11.1 Å². The van der Waals surface area contributed by atoms with E-state index in [-0.39, 0.29) is 0 Å². The second-order valence-corrected chi connectivity index (χ2v) is 3.66. The first-order chi connectivity index (χ1) is 5.82. The molecular formula is C7H5F3O2S. The molecule has 0 saturated carbocycles. The third-order valence-electron chi connectivity index (χ3n) is 1.34. The lowest BCUT2D eigenvalue weighted by molar-refractivity contribution is -0.134. The van der Waals surface area contributed by atoms with Crippen LogP contribution < -0.4 is 0 Å². The number of carbonyl (C=O) groups is 1. The highest BCUT2D eigenvalue weighted by Crippen LogP contribution is 2.37. The first-order valence-electron chi connectivity index (χ1n) is 3.23. The second-order valence-electron chi connectivity index (χ2n) is 2.40. The first-order valence-corrected chi connectivity index (χ1v) is 4.05. The molecule has 1 aromatic heterocycles. The summed E-state index contributed by atoms with van der Waals surface area (Å²) in [6.07, 6.45) is -4.58. The van der Waals surface area contributed by atoms with Gasteiger partial charge < -0.3 is 5.11 Å². The van der Waals surface area contributed by atoms with Gasteiger partial charge in [-0.25, -0.2) is 4.79 Å². The van der Waals surface area contributed by atoms with Crippen molar-refractivity contribution in [2.45, 2.75) is 13.1 Å². The van der Waals surface area contributed by atoms with Gasteiger partial charge in [0.25, 0.3) is 0 Å². The fourth-order valence-electron chi connectivity index (χ4n) is 0.884. The number of thiophene rings is 1. The summed E-state index contributed by atoms with van der Waals surface area (Å²) in [6, 6.07) is 1.02. The van der Waals surface area contributed by atoms with E-state index >= 15 is 0 Å². The standard InChI is InChI=1S/C7H5F3O2S/c1-3-2-4(6(11)12)5(13-3)7(8,9)10/h2H,1H3,(H,11,12). The molecule has 1 rings (SSSR count). The Morgan fingerprint density at radius 1 is 1.54 bits per heavy atom. The summed E-state index contributed by atoms with van der Waals surface area (Å²) in [5.41, 5.74) is -0.671.